The number of rotatable bonds is 5. The Bertz CT molecular complexity index is 721. The van der Waals surface area contributed by atoms with E-state index in [9.17, 15) is 0 Å². The summed E-state index contributed by atoms with van der Waals surface area (Å²) in [5.74, 6) is 0.297. The van der Waals surface area contributed by atoms with Crippen molar-refractivity contribution in [3.63, 3.8) is 0 Å². The van der Waals surface area contributed by atoms with Gasteiger partial charge in [-0.25, -0.2) is 0 Å². The van der Waals surface area contributed by atoms with Gasteiger partial charge in [0.1, 0.15) is 0 Å². The first kappa shape index (κ1) is 15.1. The Morgan fingerprint density at radius 2 is 1.13 bits per heavy atom. The van der Waals surface area contributed by atoms with Gasteiger partial charge in [-0.15, -0.1) is 0 Å². The van der Waals surface area contributed by atoms with E-state index >= 15 is 0 Å². The van der Waals surface area contributed by atoms with E-state index < -0.39 is 0 Å². The molecule has 0 heterocycles. The summed E-state index contributed by atoms with van der Waals surface area (Å²) in [7, 11) is 0. The van der Waals surface area contributed by atoms with Crippen LogP contribution in [0.2, 0.25) is 0 Å². The first-order valence-corrected chi connectivity index (χ1v) is 7.82. The van der Waals surface area contributed by atoms with Gasteiger partial charge in [0.05, 0.1) is 0 Å². The lowest BCUT2D eigenvalue weighted by atomic mass is 9.88. The van der Waals surface area contributed by atoms with Crippen LogP contribution in [0.4, 0.5) is 0 Å². The van der Waals surface area contributed by atoms with Crippen LogP contribution in [0.25, 0.3) is 11.1 Å². The monoisotopic (exact) mass is 296 g/mol. The zero-order valence-electron chi connectivity index (χ0n) is 13.2. The van der Waals surface area contributed by atoms with Crippen LogP contribution in [0.5, 0.6) is 0 Å². The second kappa shape index (κ2) is 6.93. The maximum absolute atomic E-state index is 4.34. The highest BCUT2D eigenvalue weighted by atomic mass is 14.2. The molecule has 0 bridgehead atoms. The maximum Gasteiger partial charge on any atom is 0.0143 e. The highest BCUT2D eigenvalue weighted by Crippen LogP contribution is 2.33. The van der Waals surface area contributed by atoms with Crippen molar-refractivity contribution in [3.05, 3.63) is 121 Å². The zero-order chi connectivity index (χ0) is 16.1. The largest absolute Gasteiger partial charge is 0.0905 e. The van der Waals surface area contributed by atoms with Gasteiger partial charge in [0.25, 0.3) is 0 Å². The van der Waals surface area contributed by atoms with E-state index in [0.717, 1.165) is 27.8 Å². The number of allylic oxidation sites excluding steroid dienone is 8. The SMILES string of the molecule is C=C(C(=CC1C=CC=C1)C(=C)c1ccccc1)c1ccccc1. The normalized spacial score (nSPS) is 13.0. The van der Waals surface area contributed by atoms with E-state index in [1.54, 1.807) is 0 Å². The van der Waals surface area contributed by atoms with Crippen LogP contribution < -0.4 is 0 Å². The quantitative estimate of drug-likeness (QED) is 0.586. The molecule has 0 aliphatic heterocycles. The lowest BCUT2D eigenvalue weighted by molar-refractivity contribution is 1.09. The molecule has 0 atom stereocenters. The summed E-state index contributed by atoms with van der Waals surface area (Å²) in [6, 6.07) is 20.6. The molecular weight excluding hydrogens is 276 g/mol. The van der Waals surface area contributed by atoms with Crippen LogP contribution in [-0.4, -0.2) is 0 Å². The standard InChI is InChI=1S/C23H20/c1-18(21-13-5-3-6-14-21)23(17-20-11-9-10-12-20)19(2)22-15-7-4-8-16-22/h3-17,20H,1-2H2. The molecule has 0 fully saturated rings. The minimum Gasteiger partial charge on any atom is -0.0905 e. The van der Waals surface area contributed by atoms with E-state index in [1.165, 1.54) is 0 Å². The Morgan fingerprint density at radius 3 is 1.57 bits per heavy atom. The van der Waals surface area contributed by atoms with E-state index in [1.807, 2.05) is 36.4 Å². The van der Waals surface area contributed by atoms with Crippen molar-refractivity contribution in [2.75, 3.05) is 0 Å². The van der Waals surface area contributed by atoms with Gasteiger partial charge in [0.2, 0.25) is 0 Å². The highest BCUT2D eigenvalue weighted by molar-refractivity contribution is 5.96. The Balaban J connectivity index is 2.00. The second-order valence-corrected chi connectivity index (χ2v) is 5.62. The zero-order valence-corrected chi connectivity index (χ0v) is 13.2. The molecule has 0 radical (unpaired) electrons. The third-order valence-electron chi connectivity index (χ3n) is 4.03. The topological polar surface area (TPSA) is 0 Å². The fourth-order valence-corrected chi connectivity index (χ4v) is 2.73. The van der Waals surface area contributed by atoms with Crippen molar-refractivity contribution in [2.45, 2.75) is 0 Å². The lowest BCUT2D eigenvalue weighted by Gasteiger charge is -2.16. The molecule has 2 aromatic carbocycles. The number of hydrogen-bond acceptors (Lipinski definition) is 0. The van der Waals surface area contributed by atoms with E-state index in [0.29, 0.717) is 5.92 Å². The molecular formula is C23H20. The summed E-state index contributed by atoms with van der Waals surface area (Å²) in [6.07, 6.45) is 10.8. The van der Waals surface area contributed by atoms with Crippen molar-refractivity contribution >= 4 is 11.1 Å². The number of hydrogen-bond donors (Lipinski definition) is 0. The van der Waals surface area contributed by atoms with E-state index in [4.69, 9.17) is 0 Å². The van der Waals surface area contributed by atoms with Gasteiger partial charge in [-0.05, 0) is 27.8 Å². The van der Waals surface area contributed by atoms with Crippen LogP contribution >= 0.6 is 0 Å². The van der Waals surface area contributed by atoms with Crippen molar-refractivity contribution in [1.29, 1.82) is 0 Å². The molecule has 0 aromatic heterocycles. The van der Waals surface area contributed by atoms with Crippen molar-refractivity contribution in [3.8, 4) is 0 Å². The molecule has 112 valence electrons. The van der Waals surface area contributed by atoms with E-state index in [-0.39, 0.29) is 0 Å². The molecule has 1 aliphatic rings. The van der Waals surface area contributed by atoms with Gasteiger partial charge in [-0.3, -0.25) is 0 Å². The first-order chi connectivity index (χ1) is 11.3. The predicted octanol–water partition coefficient (Wildman–Crippen LogP) is 6.08. The Labute approximate surface area is 138 Å². The molecule has 0 heteroatoms. The van der Waals surface area contributed by atoms with Crippen LogP contribution in [0.15, 0.2) is 110 Å². The summed E-state index contributed by atoms with van der Waals surface area (Å²) < 4.78 is 0. The molecule has 0 amide bonds. The highest BCUT2D eigenvalue weighted by Gasteiger charge is 2.13. The molecule has 0 saturated carbocycles. The summed E-state index contributed by atoms with van der Waals surface area (Å²) in [5.41, 5.74) is 5.37. The fourth-order valence-electron chi connectivity index (χ4n) is 2.73. The number of benzene rings is 2. The van der Waals surface area contributed by atoms with Gasteiger partial charge in [-0.2, -0.15) is 0 Å². The smallest absolute Gasteiger partial charge is 0.0143 e. The second-order valence-electron chi connectivity index (χ2n) is 5.62. The van der Waals surface area contributed by atoms with Crippen LogP contribution in [0.1, 0.15) is 11.1 Å². The Morgan fingerprint density at radius 1 is 0.696 bits per heavy atom. The average molecular weight is 296 g/mol. The predicted molar refractivity (Wildman–Crippen MR) is 101 cm³/mol. The fraction of sp³-hybridized carbons (Fsp3) is 0.0435. The molecule has 1 aliphatic carbocycles. The van der Waals surface area contributed by atoms with Crippen molar-refractivity contribution < 1.29 is 0 Å². The van der Waals surface area contributed by atoms with Gasteiger partial charge < -0.3 is 0 Å². The molecule has 0 saturated heterocycles. The average Bonchev–Trinajstić information content (AvgIpc) is 3.13. The third-order valence-corrected chi connectivity index (χ3v) is 4.03. The molecule has 3 rings (SSSR count). The van der Waals surface area contributed by atoms with Gasteiger partial charge in [-0.1, -0.05) is 104 Å². The molecule has 0 N–H and O–H groups in total. The van der Waals surface area contributed by atoms with Crippen LogP contribution in [0.3, 0.4) is 0 Å². The molecule has 23 heavy (non-hydrogen) atoms. The summed E-state index contributed by atoms with van der Waals surface area (Å²) in [5, 5.41) is 0. The first-order valence-electron chi connectivity index (χ1n) is 7.82. The van der Waals surface area contributed by atoms with Gasteiger partial charge in [0.15, 0.2) is 0 Å². The van der Waals surface area contributed by atoms with Crippen LogP contribution in [0, 0.1) is 5.92 Å². The minimum absolute atomic E-state index is 0.297. The molecule has 0 nitrogen and oxygen atoms in total. The summed E-state index contributed by atoms with van der Waals surface area (Å²) in [6.45, 7) is 8.67. The van der Waals surface area contributed by atoms with Crippen molar-refractivity contribution in [2.24, 2.45) is 5.92 Å². The lowest BCUT2D eigenvalue weighted by Crippen LogP contribution is -1.96. The third kappa shape index (κ3) is 3.49. The minimum atomic E-state index is 0.297. The molecule has 2 aromatic rings. The van der Waals surface area contributed by atoms with E-state index in [2.05, 4.69) is 67.8 Å². The van der Waals surface area contributed by atoms with Crippen LogP contribution in [-0.2, 0) is 0 Å². The molecule has 0 spiro atoms. The summed E-state index contributed by atoms with van der Waals surface area (Å²) in [4.78, 5) is 0. The Hall–Kier alpha value is -2.86. The summed E-state index contributed by atoms with van der Waals surface area (Å²) >= 11 is 0. The van der Waals surface area contributed by atoms with Gasteiger partial charge >= 0.3 is 0 Å². The van der Waals surface area contributed by atoms with Gasteiger partial charge in [0, 0.05) is 5.92 Å². The maximum atomic E-state index is 4.34. The van der Waals surface area contributed by atoms with Crippen molar-refractivity contribution in [1.82, 2.24) is 0 Å². The molecule has 0 unspecified atom stereocenters. The Kier molecular flexibility index (Phi) is 4.54.